The Hall–Kier alpha value is 4.54. The second kappa shape index (κ2) is 62.2. The molecular formula is H10Cu2Se4SnZn. The molecule has 0 rings (SSSR count). The Balaban J connectivity index is 0. The van der Waals surface area contributed by atoms with Crippen LogP contribution in [0.2, 0.25) is 0 Å². The van der Waals surface area contributed by atoms with E-state index in [-0.39, 0.29) is 146 Å². The summed E-state index contributed by atoms with van der Waals surface area (Å²) in [6.07, 6.45) is 0. The molecule has 0 N–H and O–H groups in total. The Morgan fingerprint density at radius 2 is 0.500 bits per heavy atom. The molecule has 0 aromatic rings. The zero-order valence-electron chi connectivity index (χ0n) is 4.02. The molecule has 62 valence electrons. The van der Waals surface area contributed by atoms with Gasteiger partial charge in [-0.3, -0.25) is 0 Å². The molecular weight excluding hydrogens is 627 g/mol. The second-order valence-electron chi connectivity index (χ2n) is 0. The van der Waals surface area contributed by atoms with Gasteiger partial charge in [0.15, 0.2) is 0 Å². The predicted molar refractivity (Wildman–Crippen MR) is 42.7 cm³/mol. The Morgan fingerprint density at radius 1 is 0.500 bits per heavy atom. The van der Waals surface area contributed by atoms with Gasteiger partial charge in [-0.15, -0.1) is 0 Å². The van der Waals surface area contributed by atoms with Gasteiger partial charge in [-0.25, -0.2) is 0 Å². The Kier molecular flexibility index (Phi) is 630. The summed E-state index contributed by atoms with van der Waals surface area (Å²) in [6, 6.07) is 0. The zero-order valence-corrected chi connectivity index (χ0v) is 21.3. The van der Waals surface area contributed by atoms with Gasteiger partial charge in [-0.2, -0.15) is 0 Å². The minimum Gasteiger partial charge on any atom is 0 e. The molecule has 0 aromatic heterocycles. The molecule has 0 nitrogen and oxygen atoms in total. The van der Waals surface area contributed by atoms with E-state index in [0.29, 0.717) is 0 Å². The maximum absolute atomic E-state index is 0. The number of hydrogen-bond acceptors (Lipinski definition) is 0. The van der Waals surface area contributed by atoms with Crippen molar-refractivity contribution in [1.82, 2.24) is 0 Å². The molecule has 0 aliphatic heterocycles. The topological polar surface area (TPSA) is 0 Å². The van der Waals surface area contributed by atoms with Crippen LogP contribution >= 0.6 is 0 Å². The van der Waals surface area contributed by atoms with E-state index >= 15 is 0 Å². The molecule has 0 spiro atoms. The smallest absolute Gasteiger partial charge is 0 e. The van der Waals surface area contributed by atoms with Gasteiger partial charge < -0.3 is 0 Å². The van der Waals surface area contributed by atoms with Crippen molar-refractivity contribution < 1.29 is 53.6 Å². The standard InChI is InChI=1S/2Cu.4H2Se.Sn.Zn.2H/h;;4*1H2;;;;. The van der Waals surface area contributed by atoms with E-state index < -0.39 is 0 Å². The summed E-state index contributed by atoms with van der Waals surface area (Å²) < 4.78 is 0. The maximum atomic E-state index is 0. The molecule has 8 heteroatoms. The first-order chi connectivity index (χ1) is 0. The first kappa shape index (κ1) is 81.0. The quantitative estimate of drug-likeness (QED) is 0.235. The molecule has 4 radical (unpaired) electrons. The van der Waals surface area contributed by atoms with Crippen molar-refractivity contribution in [3.05, 3.63) is 0 Å². The first-order valence-electron chi connectivity index (χ1n) is 0. The molecule has 0 unspecified atom stereocenters. The molecule has 0 amide bonds. The van der Waals surface area contributed by atoms with Crippen molar-refractivity contribution in [3.63, 3.8) is 0 Å². The van der Waals surface area contributed by atoms with Crippen LogP contribution in [-0.2, 0) is 53.6 Å². The van der Waals surface area contributed by atoms with E-state index in [4.69, 9.17) is 0 Å². The van der Waals surface area contributed by atoms with Gasteiger partial charge in [0.25, 0.3) is 0 Å². The van der Waals surface area contributed by atoms with Crippen molar-refractivity contribution in [2.45, 2.75) is 0 Å². The van der Waals surface area contributed by atoms with Crippen LogP contribution in [0.5, 0.6) is 0 Å². The average Bonchev–Trinajstić information content (AvgIpc) is 0. The van der Waals surface area contributed by atoms with Crippen molar-refractivity contribution in [2.75, 3.05) is 0 Å². The number of hydrogen-bond donors (Lipinski definition) is 0. The summed E-state index contributed by atoms with van der Waals surface area (Å²) in [5.41, 5.74) is 0. The molecule has 0 bridgehead atoms. The summed E-state index contributed by atoms with van der Waals surface area (Å²) in [7, 11) is 0. The molecule has 0 saturated heterocycles. The van der Waals surface area contributed by atoms with Crippen LogP contribution in [0.1, 0.15) is 0 Å². The molecule has 0 fully saturated rings. The summed E-state index contributed by atoms with van der Waals surface area (Å²) in [5, 5.41) is 0. The summed E-state index contributed by atoms with van der Waals surface area (Å²) in [4.78, 5) is 0. The van der Waals surface area contributed by atoms with Crippen LogP contribution < -0.4 is 0 Å². The normalized spacial score (nSPS) is 0. The Morgan fingerprint density at radius 3 is 0.500 bits per heavy atom. The van der Waals surface area contributed by atoms with Gasteiger partial charge in [0.1, 0.15) is 0 Å². The van der Waals surface area contributed by atoms with Crippen molar-refractivity contribution in [3.8, 4) is 0 Å². The Labute approximate surface area is 143 Å². The van der Waals surface area contributed by atoms with E-state index in [9.17, 15) is 0 Å². The van der Waals surface area contributed by atoms with Crippen LogP contribution in [0.15, 0.2) is 0 Å². The van der Waals surface area contributed by atoms with Crippen molar-refractivity contribution in [2.24, 2.45) is 0 Å². The third-order valence-corrected chi connectivity index (χ3v) is 0. The summed E-state index contributed by atoms with van der Waals surface area (Å²) in [5.74, 6) is 0. The van der Waals surface area contributed by atoms with E-state index in [1.807, 2.05) is 0 Å². The van der Waals surface area contributed by atoms with E-state index in [1.165, 1.54) is 0 Å². The average molecular weight is 637 g/mol. The molecule has 0 saturated carbocycles. The predicted octanol–water partition coefficient (Wildman–Crippen LogP) is -4.59. The molecule has 0 aromatic carbocycles. The monoisotopic (exact) mass is 639 g/mol. The van der Waals surface area contributed by atoms with Crippen LogP contribution in [0.25, 0.3) is 0 Å². The van der Waals surface area contributed by atoms with Crippen LogP contribution in [0.4, 0.5) is 0 Å². The van der Waals surface area contributed by atoms with Crippen LogP contribution in [-0.4, -0.2) is 92.2 Å². The van der Waals surface area contributed by atoms with Crippen molar-refractivity contribution in [1.29, 1.82) is 0 Å². The third kappa shape index (κ3) is 46.5. The molecule has 8 heavy (non-hydrogen) atoms. The van der Waals surface area contributed by atoms with E-state index in [0.717, 1.165) is 0 Å². The summed E-state index contributed by atoms with van der Waals surface area (Å²) in [6.45, 7) is 0. The maximum Gasteiger partial charge on any atom is 0 e. The second-order valence-corrected chi connectivity index (χ2v) is 0. The third-order valence-electron chi connectivity index (χ3n) is 0. The van der Waals surface area contributed by atoms with Crippen LogP contribution in [0, 0.1) is 0 Å². The molecule has 0 aliphatic carbocycles. The first-order valence-corrected chi connectivity index (χ1v) is 0. The fourth-order valence-corrected chi connectivity index (χ4v) is 0. The van der Waals surface area contributed by atoms with Gasteiger partial charge in [0.05, 0.1) is 0 Å². The molecule has 0 aliphatic rings. The summed E-state index contributed by atoms with van der Waals surface area (Å²) >= 11 is 0. The van der Waals surface area contributed by atoms with Gasteiger partial charge in [-0.05, 0) is 0 Å². The van der Waals surface area contributed by atoms with Gasteiger partial charge >= 0.3 is 92.2 Å². The van der Waals surface area contributed by atoms with E-state index in [2.05, 4.69) is 0 Å². The Bertz CT molecular complexity index is 14.0. The molecule has 0 heterocycles. The largest absolute Gasteiger partial charge is 0 e. The fraction of sp³-hybridized carbons (Fsp3) is 0. The zero-order chi connectivity index (χ0) is 0. The van der Waals surface area contributed by atoms with Crippen LogP contribution in [0.3, 0.4) is 0 Å². The van der Waals surface area contributed by atoms with Gasteiger partial charge in [0.2, 0.25) is 0 Å². The minimum atomic E-state index is 0. The van der Waals surface area contributed by atoms with Gasteiger partial charge in [0, 0.05) is 53.6 Å². The van der Waals surface area contributed by atoms with E-state index in [1.54, 1.807) is 0 Å². The van der Waals surface area contributed by atoms with Gasteiger partial charge in [-0.1, -0.05) is 0 Å². The molecule has 0 atom stereocenters. The van der Waals surface area contributed by atoms with Crippen molar-refractivity contribution >= 4 is 92.2 Å². The minimum absolute atomic E-state index is 0. The fourth-order valence-electron chi connectivity index (χ4n) is 0. The number of rotatable bonds is 0. The SMILES string of the molecule is [Cu].[Cu].[SeH2].[SeH2].[SeH2].[SeH2].[SnH2].[Zn].